The molecule has 2 aliphatic rings. The highest BCUT2D eigenvalue weighted by atomic mass is 16.6. The summed E-state index contributed by atoms with van der Waals surface area (Å²) in [6.07, 6.45) is 22.5. The molecule has 0 aromatic carbocycles. The fourth-order valence-corrected chi connectivity index (χ4v) is 9.54. The van der Waals surface area contributed by atoms with Crippen LogP contribution in [0.3, 0.4) is 0 Å². The zero-order valence-corrected chi connectivity index (χ0v) is 46.3. The molecule has 0 aromatic rings. The van der Waals surface area contributed by atoms with Crippen molar-refractivity contribution in [2.45, 2.75) is 187 Å². The van der Waals surface area contributed by atoms with Crippen LogP contribution in [0.4, 0.5) is 0 Å². The molecule has 0 spiro atoms. The molecule has 9 atom stereocenters. The van der Waals surface area contributed by atoms with Gasteiger partial charge in [0.1, 0.15) is 30.1 Å². The van der Waals surface area contributed by atoms with E-state index in [9.17, 15) is 29.1 Å². The van der Waals surface area contributed by atoms with Gasteiger partial charge in [0.05, 0.1) is 83.9 Å². The maximum atomic E-state index is 13.3. The molecule has 1 aliphatic heterocycles. The number of aliphatic hydroxyl groups is 1. The van der Waals surface area contributed by atoms with E-state index in [0.29, 0.717) is 116 Å². The number of ether oxygens (including phenoxy) is 8. The van der Waals surface area contributed by atoms with Crippen LogP contribution in [-0.2, 0) is 61.9 Å². The number of hydroxylamine groups is 1. The van der Waals surface area contributed by atoms with Gasteiger partial charge in [0, 0.05) is 57.6 Å². The van der Waals surface area contributed by atoms with Crippen molar-refractivity contribution in [2.75, 3.05) is 73.1 Å². The molecule has 0 radical (unpaired) electrons. The Morgan fingerprint density at radius 1 is 0.770 bits per heavy atom. The third-order valence-electron chi connectivity index (χ3n) is 14.3. The van der Waals surface area contributed by atoms with E-state index >= 15 is 0 Å². The van der Waals surface area contributed by atoms with Gasteiger partial charge in [-0.25, -0.2) is 5.48 Å². The lowest BCUT2D eigenvalue weighted by molar-refractivity contribution is -0.148. The minimum atomic E-state index is -1.00. The second-order valence-electron chi connectivity index (χ2n) is 20.6. The van der Waals surface area contributed by atoms with Crippen molar-refractivity contribution in [3.8, 4) is 0 Å². The number of hydrogen-bond acceptors (Lipinski definition) is 16. The molecule has 0 bridgehead atoms. The highest BCUT2D eigenvalue weighted by molar-refractivity contribution is 5.84. The quantitative estimate of drug-likeness (QED) is 0.0171. The molecule has 1 heterocycles. The van der Waals surface area contributed by atoms with Crippen LogP contribution in [0.5, 0.6) is 0 Å². The Morgan fingerprint density at radius 3 is 2.07 bits per heavy atom. The van der Waals surface area contributed by atoms with Gasteiger partial charge >= 0.3 is 0 Å². The molecule has 1 saturated carbocycles. The number of unbranched alkanes of at least 4 members (excludes halogenated alkanes) is 2. The van der Waals surface area contributed by atoms with Crippen molar-refractivity contribution >= 4 is 30.1 Å². The minimum absolute atomic E-state index is 0.0354. The molecular formula is C58H97NO15. The first-order valence-electron chi connectivity index (χ1n) is 27.7. The van der Waals surface area contributed by atoms with Crippen molar-refractivity contribution in [1.82, 2.24) is 5.48 Å². The first-order chi connectivity index (χ1) is 35.7. The smallest absolute Gasteiger partial charge is 0.293 e. The van der Waals surface area contributed by atoms with E-state index in [0.717, 1.165) is 76.1 Å². The molecule has 2 fully saturated rings. The van der Waals surface area contributed by atoms with Crippen molar-refractivity contribution in [3.05, 3.63) is 47.6 Å². The van der Waals surface area contributed by atoms with Crippen LogP contribution in [-0.4, -0.2) is 150 Å². The Morgan fingerprint density at radius 2 is 1.43 bits per heavy atom. The molecule has 424 valence electrons. The van der Waals surface area contributed by atoms with E-state index in [-0.39, 0.29) is 72.4 Å². The van der Waals surface area contributed by atoms with Crippen molar-refractivity contribution in [2.24, 2.45) is 29.6 Å². The van der Waals surface area contributed by atoms with Crippen molar-refractivity contribution < 1.29 is 72.2 Å². The van der Waals surface area contributed by atoms with Crippen LogP contribution in [0.2, 0.25) is 0 Å². The lowest BCUT2D eigenvalue weighted by Gasteiger charge is -2.35. The summed E-state index contributed by atoms with van der Waals surface area (Å²) in [5.74, 6) is 0.0160. The average molecular weight is 1050 g/mol. The molecule has 16 nitrogen and oxygen atoms in total. The summed E-state index contributed by atoms with van der Waals surface area (Å²) in [6.45, 7) is 16.8. The molecule has 16 heteroatoms. The van der Waals surface area contributed by atoms with E-state index in [4.69, 9.17) is 43.1 Å². The van der Waals surface area contributed by atoms with Crippen LogP contribution in [0.25, 0.3) is 0 Å². The number of carbonyl (C=O) groups is 5. The first kappa shape index (κ1) is 66.8. The predicted molar refractivity (Wildman–Crippen MR) is 285 cm³/mol. The number of rotatable bonds is 45. The fourth-order valence-electron chi connectivity index (χ4n) is 9.54. The summed E-state index contributed by atoms with van der Waals surface area (Å²) >= 11 is 0. The van der Waals surface area contributed by atoms with Gasteiger partial charge in [-0.15, -0.1) is 0 Å². The van der Waals surface area contributed by atoms with E-state index in [1.807, 2.05) is 38.2 Å². The monoisotopic (exact) mass is 1050 g/mol. The van der Waals surface area contributed by atoms with Crippen LogP contribution >= 0.6 is 0 Å². The highest BCUT2D eigenvalue weighted by Crippen LogP contribution is 2.32. The Hall–Kier alpha value is -3.29. The van der Waals surface area contributed by atoms with E-state index in [1.54, 1.807) is 27.0 Å². The van der Waals surface area contributed by atoms with E-state index in [1.165, 1.54) is 0 Å². The maximum Gasteiger partial charge on any atom is 0.293 e. The average Bonchev–Trinajstić information content (AvgIpc) is 3.38. The van der Waals surface area contributed by atoms with E-state index < -0.39 is 18.1 Å². The summed E-state index contributed by atoms with van der Waals surface area (Å²) in [5.41, 5.74) is 3.78. The summed E-state index contributed by atoms with van der Waals surface area (Å²) in [4.78, 5) is 61.1. The van der Waals surface area contributed by atoms with Gasteiger partial charge in [-0.05, 0) is 113 Å². The second-order valence-corrected chi connectivity index (χ2v) is 20.6. The van der Waals surface area contributed by atoms with Crippen LogP contribution < -0.4 is 5.48 Å². The number of methoxy groups -OCH3 is 1. The van der Waals surface area contributed by atoms with Crippen molar-refractivity contribution in [1.29, 1.82) is 0 Å². The number of Topliss-reactive ketones (excluding diaryl/α,β-unsaturated/α-hetero) is 3. The molecule has 0 amide bonds. The third kappa shape index (κ3) is 30.5. The molecule has 1 saturated heterocycles. The number of hydrogen-bond donors (Lipinski definition) is 3. The third-order valence-corrected chi connectivity index (χ3v) is 14.3. The molecular weight excluding hydrogens is 951 g/mol. The topological polar surface area (TPSA) is 212 Å². The molecule has 7 unspecified atom stereocenters. The lowest BCUT2D eigenvalue weighted by atomic mass is 9.83. The number of ketones is 3. The Labute approximate surface area is 444 Å². The highest BCUT2D eigenvalue weighted by Gasteiger charge is 2.34. The predicted octanol–water partition coefficient (Wildman–Crippen LogP) is 8.82. The minimum Gasteiger partial charge on any atom is -0.464 e. The zero-order valence-electron chi connectivity index (χ0n) is 46.3. The molecule has 74 heavy (non-hydrogen) atoms. The van der Waals surface area contributed by atoms with Gasteiger partial charge in [0.2, 0.25) is 0 Å². The largest absolute Gasteiger partial charge is 0.464 e. The zero-order chi connectivity index (χ0) is 54.4. The number of aliphatic hydroxyl groups excluding tert-OH is 1. The standard InChI is InChI=1S/C58H97NO15/c1-43(15-10-8-11-16-44(2)57(67-7)40-52-22-18-45(3)58(74-52)53(62)17-12-9-13-26-59-66)37-46(4)55(64)41-56(65)48(6)38-47(5)54(63)39-51(73-42-61)25-21-49-19-23-50(24-20-49)72-36-35-71-34-33-70-32-31-69-30-29-68-28-14-27-60/h8,10-11,15-16,27,38,42-43,45-47,49-52,56-59,65-66H,9,12-14,17-26,28-37,39-41H2,1-7H3/b11-8+,15-10+,44-16+,48-38+/t43?,45-,46?,47?,49?,50?,51?,52+,56?,57?,58?/m1/s1. The number of nitrogens with one attached hydrogen (secondary N) is 1. The summed E-state index contributed by atoms with van der Waals surface area (Å²) in [7, 11) is 1.70. The van der Waals surface area contributed by atoms with Crippen LogP contribution in [0.1, 0.15) is 151 Å². The van der Waals surface area contributed by atoms with Gasteiger partial charge < -0.3 is 53.0 Å². The number of aldehydes is 1. The molecule has 0 aromatic heterocycles. The molecule has 1 aliphatic carbocycles. The maximum absolute atomic E-state index is 13.3. The Balaban J connectivity index is 1.67. The van der Waals surface area contributed by atoms with Gasteiger partial charge in [-0.1, -0.05) is 70.6 Å². The Kier molecular flexibility index (Phi) is 37.8. The van der Waals surface area contributed by atoms with E-state index in [2.05, 4.69) is 25.4 Å². The van der Waals surface area contributed by atoms with Crippen molar-refractivity contribution in [3.63, 3.8) is 0 Å². The number of allylic oxidation sites excluding steroid dienone is 6. The van der Waals surface area contributed by atoms with Gasteiger partial charge in [-0.3, -0.25) is 19.2 Å². The first-order valence-corrected chi connectivity index (χ1v) is 27.7. The SMILES string of the molecule is COC(C[C@@H]1CC[C@@H](C)C(C(=O)CCCCCNO)O1)/C(C)=C/C=C/C=C/C(C)CC(C)C(=O)CC(O)/C(C)=C/C(C)C(=O)CC(CCC1CCC(OCCOCCOCCOCCOCCC=O)CC1)OC=O. The number of carbonyl (C=O) groups excluding carboxylic acids is 5. The van der Waals surface area contributed by atoms with Gasteiger partial charge in [0.15, 0.2) is 5.78 Å². The van der Waals surface area contributed by atoms with Crippen LogP contribution in [0, 0.1) is 29.6 Å². The Bertz CT molecular complexity index is 1660. The summed E-state index contributed by atoms with van der Waals surface area (Å²) in [6, 6.07) is 0. The van der Waals surface area contributed by atoms with Crippen LogP contribution in [0.15, 0.2) is 47.6 Å². The summed E-state index contributed by atoms with van der Waals surface area (Å²) in [5, 5.41) is 19.7. The molecule has 3 N–H and O–H groups in total. The molecule has 2 rings (SSSR count). The van der Waals surface area contributed by atoms with Gasteiger partial charge in [-0.2, -0.15) is 0 Å². The second kappa shape index (κ2) is 41.8. The summed E-state index contributed by atoms with van der Waals surface area (Å²) < 4.78 is 45.4. The fraction of sp³-hybridized carbons (Fsp3) is 0.776. The van der Waals surface area contributed by atoms with Gasteiger partial charge in [0.25, 0.3) is 6.47 Å². The lowest BCUT2D eigenvalue weighted by Crippen LogP contribution is -2.41. The normalized spacial score (nSPS) is 22.3.